The van der Waals surface area contributed by atoms with Crippen LogP contribution in [-0.2, 0) is 6.42 Å². The molecule has 0 atom stereocenters. The van der Waals surface area contributed by atoms with Gasteiger partial charge in [0.25, 0.3) is 5.56 Å². The van der Waals surface area contributed by atoms with Crippen LogP contribution >= 0.6 is 0 Å². The number of carbonyl (C=O) groups is 2. The van der Waals surface area contributed by atoms with Gasteiger partial charge in [-0.2, -0.15) is 0 Å². The molecule has 0 radical (unpaired) electrons. The summed E-state index contributed by atoms with van der Waals surface area (Å²) in [6.45, 7) is 0.588. The number of hydrogen-bond donors (Lipinski definition) is 4. The van der Waals surface area contributed by atoms with E-state index in [-0.39, 0.29) is 11.4 Å². The molecule has 0 aliphatic carbocycles. The zero-order valence-electron chi connectivity index (χ0n) is 12.5. The molecular weight excluding hydrogens is 316 g/mol. The van der Waals surface area contributed by atoms with Gasteiger partial charge in [0.2, 0.25) is 0 Å². The number of aryl methyl sites for hydroxylation is 1. The van der Waals surface area contributed by atoms with Gasteiger partial charge in [-0.15, -0.1) is 0 Å². The first kappa shape index (κ1) is 15.6. The summed E-state index contributed by atoms with van der Waals surface area (Å²) in [5.41, 5.74) is 4.49. The van der Waals surface area contributed by atoms with Gasteiger partial charge in [0.15, 0.2) is 0 Å². The number of nitrogen functional groups attached to an aromatic ring is 1. The number of hydrogen-bond acceptors (Lipinski definition) is 5. The van der Waals surface area contributed by atoms with Gasteiger partial charge in [-0.1, -0.05) is 6.07 Å². The van der Waals surface area contributed by atoms with E-state index < -0.39 is 28.6 Å². The minimum atomic E-state index is -1.53. The Morgan fingerprint density at radius 3 is 2.54 bits per heavy atom. The molecule has 0 amide bonds. The van der Waals surface area contributed by atoms with Gasteiger partial charge >= 0.3 is 11.9 Å². The number of fused-ring (bicyclic) bond motifs is 1. The fourth-order valence-corrected chi connectivity index (χ4v) is 2.85. The smallest absolute Gasteiger partial charge is 0.342 e. The lowest BCUT2D eigenvalue weighted by Crippen LogP contribution is -2.24. The Kier molecular flexibility index (Phi) is 3.72. The third kappa shape index (κ3) is 2.47. The fourth-order valence-electron chi connectivity index (χ4n) is 2.85. The van der Waals surface area contributed by atoms with E-state index in [1.54, 1.807) is 12.1 Å². The molecule has 24 heavy (non-hydrogen) atoms. The van der Waals surface area contributed by atoms with Gasteiger partial charge in [-0.3, -0.25) is 4.79 Å². The summed E-state index contributed by atoms with van der Waals surface area (Å²) in [4.78, 5) is 37.2. The second-order valence-electron chi connectivity index (χ2n) is 5.38. The molecule has 1 aliphatic heterocycles. The summed E-state index contributed by atoms with van der Waals surface area (Å²) in [6, 6.07) is 4.80. The van der Waals surface area contributed by atoms with E-state index in [1.165, 1.54) is 6.07 Å². The van der Waals surface area contributed by atoms with Gasteiger partial charge in [-0.25, -0.2) is 9.59 Å². The first-order valence-corrected chi connectivity index (χ1v) is 7.18. The predicted octanol–water partition coefficient (Wildman–Crippen LogP) is 1.35. The van der Waals surface area contributed by atoms with E-state index in [0.717, 1.165) is 12.0 Å². The minimum Gasteiger partial charge on any atom is -0.493 e. The number of rotatable bonds is 3. The normalized spacial score (nSPS) is 13.0. The van der Waals surface area contributed by atoms with Crippen LogP contribution in [0, 0.1) is 0 Å². The topological polar surface area (TPSA) is 143 Å². The Bertz CT molecular complexity index is 916. The van der Waals surface area contributed by atoms with E-state index >= 15 is 0 Å². The summed E-state index contributed by atoms with van der Waals surface area (Å²) in [6.07, 6.45) is 1.51. The average Bonchev–Trinajstić information content (AvgIpc) is 2.52. The lowest BCUT2D eigenvalue weighted by Gasteiger charge is -2.19. The van der Waals surface area contributed by atoms with Crippen molar-refractivity contribution >= 4 is 17.8 Å². The van der Waals surface area contributed by atoms with Crippen molar-refractivity contribution in [2.75, 3.05) is 12.3 Å². The Morgan fingerprint density at radius 2 is 1.88 bits per heavy atom. The molecule has 0 saturated carbocycles. The van der Waals surface area contributed by atoms with E-state index in [9.17, 15) is 24.6 Å². The molecule has 0 bridgehead atoms. The highest BCUT2D eigenvalue weighted by molar-refractivity contribution is 6.07. The maximum absolute atomic E-state index is 12.0. The number of aromatic amines is 1. The number of H-pyrrole nitrogens is 1. The summed E-state index contributed by atoms with van der Waals surface area (Å²) in [5.74, 6) is -2.67. The van der Waals surface area contributed by atoms with Crippen LogP contribution in [-0.4, -0.2) is 33.7 Å². The van der Waals surface area contributed by atoms with E-state index in [1.807, 2.05) is 0 Å². The van der Waals surface area contributed by atoms with Crippen molar-refractivity contribution in [1.29, 1.82) is 0 Å². The highest BCUT2D eigenvalue weighted by atomic mass is 16.5. The number of aromatic nitrogens is 1. The van der Waals surface area contributed by atoms with E-state index in [4.69, 9.17) is 10.5 Å². The summed E-state index contributed by atoms with van der Waals surface area (Å²) < 4.78 is 5.49. The number of aromatic carboxylic acids is 2. The van der Waals surface area contributed by atoms with E-state index in [0.29, 0.717) is 24.3 Å². The van der Waals surface area contributed by atoms with Gasteiger partial charge in [0.05, 0.1) is 6.61 Å². The maximum atomic E-state index is 12.0. The Labute approximate surface area is 135 Å². The number of nitrogens with two attached hydrogens (primary N) is 1. The van der Waals surface area contributed by atoms with Crippen LogP contribution < -0.4 is 16.0 Å². The van der Waals surface area contributed by atoms with Crippen molar-refractivity contribution in [2.45, 2.75) is 12.8 Å². The van der Waals surface area contributed by atoms with Crippen molar-refractivity contribution in [3.05, 3.63) is 45.2 Å². The molecule has 1 aliphatic rings. The fraction of sp³-hybridized carbons (Fsp3) is 0.188. The summed E-state index contributed by atoms with van der Waals surface area (Å²) >= 11 is 0. The molecule has 0 saturated heterocycles. The number of benzene rings is 1. The molecule has 3 rings (SSSR count). The van der Waals surface area contributed by atoms with Crippen LogP contribution in [0.25, 0.3) is 11.1 Å². The molecule has 8 nitrogen and oxygen atoms in total. The maximum Gasteiger partial charge on any atom is 0.342 e. The lowest BCUT2D eigenvalue weighted by atomic mass is 9.92. The quantitative estimate of drug-likeness (QED) is 0.665. The lowest BCUT2D eigenvalue weighted by molar-refractivity contribution is 0.0695. The zero-order chi connectivity index (χ0) is 17.4. The Balaban J connectivity index is 2.35. The van der Waals surface area contributed by atoms with Crippen LogP contribution in [0.1, 0.15) is 32.7 Å². The van der Waals surface area contributed by atoms with Crippen LogP contribution in [0.2, 0.25) is 0 Å². The standard InChI is InChI=1S/C16H14N2O6/c17-13-11(15(20)21)10(12(16(22)23)14(19)18-13)8-3-4-9-7(6-8)2-1-5-24-9/h3-4,6H,1-2,5H2,(H,20,21)(H,22,23)(H3,17,18,19). The second kappa shape index (κ2) is 5.73. The minimum absolute atomic E-state index is 0.204. The van der Waals surface area contributed by atoms with Gasteiger partial charge in [0.1, 0.15) is 22.7 Å². The van der Waals surface area contributed by atoms with Gasteiger partial charge in [-0.05, 0) is 36.1 Å². The van der Waals surface area contributed by atoms with Crippen LogP contribution in [0.4, 0.5) is 5.82 Å². The number of carboxylic acid groups (broad SMARTS) is 2. The molecule has 0 spiro atoms. The monoisotopic (exact) mass is 330 g/mol. The number of carboxylic acids is 2. The van der Waals surface area contributed by atoms with Gasteiger partial charge in [0, 0.05) is 5.56 Å². The number of nitrogens with one attached hydrogen (secondary N) is 1. The third-order valence-corrected chi connectivity index (χ3v) is 3.87. The molecular formula is C16H14N2O6. The molecule has 1 aromatic carbocycles. The van der Waals surface area contributed by atoms with Crippen molar-refractivity contribution < 1.29 is 24.5 Å². The SMILES string of the molecule is Nc1[nH]c(=O)c(C(=O)O)c(-c2ccc3c(c2)CCCO3)c1C(=O)O. The van der Waals surface area contributed by atoms with Crippen molar-refractivity contribution in [3.63, 3.8) is 0 Å². The Hall–Kier alpha value is -3.29. The first-order valence-electron chi connectivity index (χ1n) is 7.18. The van der Waals surface area contributed by atoms with Crippen LogP contribution in [0.15, 0.2) is 23.0 Å². The first-order chi connectivity index (χ1) is 11.4. The molecule has 1 aromatic heterocycles. The van der Waals surface area contributed by atoms with Crippen LogP contribution in [0.5, 0.6) is 5.75 Å². The second-order valence-corrected chi connectivity index (χ2v) is 5.38. The number of ether oxygens (including phenoxy) is 1. The molecule has 2 aromatic rings. The molecule has 8 heteroatoms. The number of pyridine rings is 1. The predicted molar refractivity (Wildman–Crippen MR) is 84.6 cm³/mol. The zero-order valence-corrected chi connectivity index (χ0v) is 12.5. The van der Waals surface area contributed by atoms with Crippen molar-refractivity contribution in [1.82, 2.24) is 4.98 Å². The van der Waals surface area contributed by atoms with Crippen molar-refractivity contribution in [3.8, 4) is 16.9 Å². The number of anilines is 1. The molecule has 0 fully saturated rings. The summed E-state index contributed by atoms with van der Waals surface area (Å²) in [7, 11) is 0. The molecule has 0 unspecified atom stereocenters. The molecule has 2 heterocycles. The van der Waals surface area contributed by atoms with E-state index in [2.05, 4.69) is 4.98 Å². The highest BCUT2D eigenvalue weighted by Crippen LogP contribution is 2.34. The Morgan fingerprint density at radius 1 is 1.17 bits per heavy atom. The van der Waals surface area contributed by atoms with Crippen molar-refractivity contribution in [2.24, 2.45) is 0 Å². The third-order valence-electron chi connectivity index (χ3n) is 3.87. The highest BCUT2D eigenvalue weighted by Gasteiger charge is 2.27. The van der Waals surface area contributed by atoms with Gasteiger partial charge < -0.3 is 25.7 Å². The molecule has 124 valence electrons. The summed E-state index contributed by atoms with van der Waals surface area (Å²) in [5, 5.41) is 18.8. The average molecular weight is 330 g/mol. The molecule has 5 N–H and O–H groups in total. The largest absolute Gasteiger partial charge is 0.493 e. The van der Waals surface area contributed by atoms with Crippen LogP contribution in [0.3, 0.4) is 0 Å².